The second-order valence-electron chi connectivity index (χ2n) is 4.50. The van der Waals surface area contributed by atoms with Crippen molar-refractivity contribution in [3.8, 4) is 0 Å². The molecule has 1 aromatic carbocycles. The van der Waals surface area contributed by atoms with Crippen molar-refractivity contribution in [3.05, 3.63) is 35.4 Å². The van der Waals surface area contributed by atoms with Crippen LogP contribution in [0.1, 0.15) is 31.6 Å². The van der Waals surface area contributed by atoms with Crippen molar-refractivity contribution >= 4 is 11.8 Å². The molecule has 1 atom stereocenters. The molecule has 0 aliphatic rings. The average Bonchev–Trinajstić information content (AvgIpc) is 2.87. The fourth-order valence-corrected chi connectivity index (χ4v) is 2.55. The fourth-order valence-electron chi connectivity index (χ4n) is 1.57. The molecule has 0 saturated heterocycles. The van der Waals surface area contributed by atoms with E-state index in [9.17, 15) is 13.9 Å². The summed E-state index contributed by atoms with van der Waals surface area (Å²) in [4.78, 5) is 0. The van der Waals surface area contributed by atoms with Crippen molar-refractivity contribution in [1.29, 1.82) is 0 Å². The Bertz CT molecular complexity index is 591. The summed E-state index contributed by atoms with van der Waals surface area (Å²) in [7, 11) is 0. The van der Waals surface area contributed by atoms with Crippen LogP contribution in [-0.2, 0) is 0 Å². The highest BCUT2D eigenvalue weighted by Gasteiger charge is 2.15. The summed E-state index contributed by atoms with van der Waals surface area (Å²) in [6, 6.07) is 3.45. The van der Waals surface area contributed by atoms with Crippen LogP contribution in [0.4, 0.5) is 8.78 Å². The van der Waals surface area contributed by atoms with Crippen molar-refractivity contribution in [2.24, 2.45) is 0 Å². The highest BCUT2D eigenvalue weighted by Crippen LogP contribution is 2.25. The van der Waals surface area contributed by atoms with Gasteiger partial charge < -0.3 is 5.11 Å². The Morgan fingerprint density at radius 2 is 2.05 bits per heavy atom. The molecule has 0 saturated carbocycles. The van der Waals surface area contributed by atoms with Gasteiger partial charge in [-0.25, -0.2) is 13.5 Å². The summed E-state index contributed by atoms with van der Waals surface area (Å²) in [6.07, 6.45) is -0.924. The van der Waals surface area contributed by atoms with Crippen LogP contribution in [-0.4, -0.2) is 31.1 Å². The Morgan fingerprint density at radius 3 is 2.70 bits per heavy atom. The number of hydrogen-bond acceptors (Lipinski definition) is 5. The number of benzene rings is 1. The summed E-state index contributed by atoms with van der Waals surface area (Å²) >= 11 is 1.26. The van der Waals surface area contributed by atoms with Gasteiger partial charge in [0, 0.05) is 5.75 Å². The molecule has 0 radical (unpaired) electrons. The molecule has 0 aliphatic heterocycles. The summed E-state index contributed by atoms with van der Waals surface area (Å²) in [5.41, 5.74) is 0.319. The first-order chi connectivity index (χ1) is 9.49. The molecule has 1 aromatic heterocycles. The van der Waals surface area contributed by atoms with Crippen LogP contribution in [0, 0.1) is 11.6 Å². The van der Waals surface area contributed by atoms with E-state index in [2.05, 4.69) is 15.5 Å². The highest BCUT2D eigenvalue weighted by molar-refractivity contribution is 7.99. The number of aromatic nitrogens is 4. The molecule has 2 rings (SSSR count). The number of thioether (sulfide) groups is 1. The molecule has 2 aromatic rings. The Kier molecular flexibility index (Phi) is 4.66. The topological polar surface area (TPSA) is 63.8 Å². The minimum absolute atomic E-state index is 0.105. The number of rotatable bonds is 5. The second-order valence-corrected chi connectivity index (χ2v) is 5.49. The van der Waals surface area contributed by atoms with E-state index in [1.165, 1.54) is 17.8 Å². The predicted octanol–water partition coefficient (Wildman–Crippen LogP) is 2.36. The summed E-state index contributed by atoms with van der Waals surface area (Å²) in [5.74, 6) is -1.66. The molecule has 108 valence electrons. The second kappa shape index (κ2) is 6.27. The van der Waals surface area contributed by atoms with Crippen LogP contribution in [0.25, 0.3) is 0 Å². The molecule has 0 spiro atoms. The fraction of sp³-hybridized carbons (Fsp3) is 0.417. The first-order valence-electron chi connectivity index (χ1n) is 6.02. The van der Waals surface area contributed by atoms with Gasteiger partial charge in [0.25, 0.3) is 0 Å². The molecule has 1 N–H and O–H groups in total. The number of nitrogens with zero attached hydrogens (tertiary/aromatic N) is 4. The van der Waals surface area contributed by atoms with Crippen molar-refractivity contribution in [2.75, 3.05) is 5.75 Å². The SMILES string of the molecule is CC(C)n1nnnc1SCC(O)c1ccc(F)c(F)c1. The van der Waals surface area contributed by atoms with E-state index in [1.54, 1.807) is 4.68 Å². The van der Waals surface area contributed by atoms with Crippen LogP contribution in [0.3, 0.4) is 0 Å². The molecular formula is C12H14F2N4OS. The van der Waals surface area contributed by atoms with Crippen LogP contribution < -0.4 is 0 Å². The molecule has 1 unspecified atom stereocenters. The lowest BCUT2D eigenvalue weighted by Crippen LogP contribution is -2.07. The lowest BCUT2D eigenvalue weighted by atomic mass is 10.1. The maximum Gasteiger partial charge on any atom is 0.209 e. The Labute approximate surface area is 119 Å². The van der Waals surface area contributed by atoms with Gasteiger partial charge >= 0.3 is 0 Å². The van der Waals surface area contributed by atoms with E-state index >= 15 is 0 Å². The van der Waals surface area contributed by atoms with Crippen LogP contribution in [0.2, 0.25) is 0 Å². The largest absolute Gasteiger partial charge is 0.388 e. The molecule has 8 heteroatoms. The van der Waals surface area contributed by atoms with Crippen LogP contribution in [0.15, 0.2) is 23.4 Å². The van der Waals surface area contributed by atoms with Crippen molar-refractivity contribution in [1.82, 2.24) is 20.2 Å². The normalized spacial score (nSPS) is 12.9. The van der Waals surface area contributed by atoms with E-state index in [4.69, 9.17) is 0 Å². The van der Waals surface area contributed by atoms with Crippen molar-refractivity contribution in [3.63, 3.8) is 0 Å². The highest BCUT2D eigenvalue weighted by atomic mass is 32.2. The molecular weight excluding hydrogens is 286 g/mol. The minimum Gasteiger partial charge on any atom is -0.388 e. The number of aliphatic hydroxyl groups is 1. The Morgan fingerprint density at radius 1 is 1.30 bits per heavy atom. The molecule has 0 bridgehead atoms. The number of hydrogen-bond donors (Lipinski definition) is 1. The van der Waals surface area contributed by atoms with Crippen LogP contribution in [0.5, 0.6) is 0 Å². The number of tetrazole rings is 1. The quantitative estimate of drug-likeness (QED) is 0.859. The molecule has 0 fully saturated rings. The standard InChI is InChI=1S/C12H14F2N4OS/c1-7(2)18-12(15-16-17-18)20-6-11(19)8-3-4-9(13)10(14)5-8/h3-5,7,11,19H,6H2,1-2H3. The third-order valence-corrected chi connectivity index (χ3v) is 3.66. The van der Waals surface area contributed by atoms with Gasteiger partial charge in [-0.3, -0.25) is 0 Å². The van der Waals surface area contributed by atoms with E-state index in [-0.39, 0.29) is 11.8 Å². The van der Waals surface area contributed by atoms with Gasteiger partial charge in [-0.1, -0.05) is 17.8 Å². The van der Waals surface area contributed by atoms with Crippen molar-refractivity contribution < 1.29 is 13.9 Å². The monoisotopic (exact) mass is 300 g/mol. The van der Waals surface area contributed by atoms with Gasteiger partial charge in [0.2, 0.25) is 5.16 Å². The van der Waals surface area contributed by atoms with Gasteiger partial charge in [0.1, 0.15) is 0 Å². The van der Waals surface area contributed by atoms with E-state index in [0.717, 1.165) is 12.1 Å². The molecule has 0 amide bonds. The van der Waals surface area contributed by atoms with Gasteiger partial charge in [0.15, 0.2) is 11.6 Å². The van der Waals surface area contributed by atoms with E-state index in [0.29, 0.717) is 10.7 Å². The smallest absolute Gasteiger partial charge is 0.209 e. The maximum atomic E-state index is 13.1. The molecule has 20 heavy (non-hydrogen) atoms. The molecule has 0 aliphatic carbocycles. The zero-order valence-corrected chi connectivity index (χ0v) is 11.8. The maximum absolute atomic E-state index is 13.1. The predicted molar refractivity (Wildman–Crippen MR) is 70.2 cm³/mol. The third kappa shape index (κ3) is 3.31. The van der Waals surface area contributed by atoms with Crippen LogP contribution >= 0.6 is 11.8 Å². The zero-order chi connectivity index (χ0) is 14.7. The number of aliphatic hydroxyl groups excluding tert-OH is 1. The first-order valence-corrected chi connectivity index (χ1v) is 7.01. The Balaban J connectivity index is 2.03. The molecule has 1 heterocycles. The summed E-state index contributed by atoms with van der Waals surface area (Å²) in [5, 5.41) is 21.8. The van der Waals surface area contributed by atoms with Gasteiger partial charge in [-0.05, 0) is 42.0 Å². The lowest BCUT2D eigenvalue weighted by molar-refractivity contribution is 0.203. The van der Waals surface area contributed by atoms with Gasteiger partial charge in [-0.2, -0.15) is 0 Å². The van der Waals surface area contributed by atoms with E-state index in [1.807, 2.05) is 13.8 Å². The van der Waals surface area contributed by atoms with Crippen molar-refractivity contribution in [2.45, 2.75) is 31.1 Å². The third-order valence-electron chi connectivity index (χ3n) is 2.65. The molecule has 5 nitrogen and oxygen atoms in total. The van der Waals surface area contributed by atoms with Gasteiger partial charge in [0.05, 0.1) is 12.1 Å². The number of halogens is 2. The zero-order valence-electron chi connectivity index (χ0n) is 11.0. The first kappa shape index (κ1) is 14.9. The summed E-state index contributed by atoms with van der Waals surface area (Å²) in [6.45, 7) is 3.87. The minimum atomic E-state index is -0.974. The lowest BCUT2D eigenvalue weighted by Gasteiger charge is -2.11. The van der Waals surface area contributed by atoms with Gasteiger partial charge in [-0.15, -0.1) is 5.10 Å². The van der Waals surface area contributed by atoms with E-state index < -0.39 is 17.7 Å². The Hall–Kier alpha value is -1.54. The summed E-state index contributed by atoms with van der Waals surface area (Å²) < 4.78 is 27.5. The average molecular weight is 300 g/mol.